The van der Waals surface area contributed by atoms with Gasteiger partial charge in [0.25, 0.3) is 0 Å². The van der Waals surface area contributed by atoms with Crippen LogP contribution in [0.4, 0.5) is 34.6 Å². The normalized spacial score (nSPS) is 10.4. The second kappa shape index (κ2) is 12.0. The SMILES string of the molecule is O=CCc1ccc(O)c(Cc2nc(Nc3cc(NC=O)ccc3O)nc(Nc3cc(NC=O)ccc3O)n2)c1. The van der Waals surface area contributed by atoms with E-state index in [1.165, 1.54) is 42.5 Å². The molecule has 0 bridgehead atoms. The number of hydrogen-bond acceptors (Lipinski definition) is 11. The van der Waals surface area contributed by atoms with E-state index in [1.54, 1.807) is 12.1 Å². The summed E-state index contributed by atoms with van der Waals surface area (Å²) in [6, 6.07) is 13.4. The summed E-state index contributed by atoms with van der Waals surface area (Å²) in [6.07, 6.45) is 1.94. The number of anilines is 6. The van der Waals surface area contributed by atoms with Gasteiger partial charge in [-0.25, -0.2) is 0 Å². The van der Waals surface area contributed by atoms with Crippen LogP contribution in [-0.2, 0) is 27.2 Å². The summed E-state index contributed by atoms with van der Waals surface area (Å²) in [6.45, 7) is 0. The number of hydrogen-bond donors (Lipinski definition) is 7. The molecule has 1 aromatic heterocycles. The first-order chi connectivity index (χ1) is 18.9. The van der Waals surface area contributed by atoms with Gasteiger partial charge in [-0.1, -0.05) is 12.1 Å². The van der Waals surface area contributed by atoms with E-state index in [9.17, 15) is 29.7 Å². The highest BCUT2D eigenvalue weighted by molar-refractivity contribution is 5.78. The zero-order valence-corrected chi connectivity index (χ0v) is 20.3. The predicted octanol–water partition coefficient (Wildman–Crippen LogP) is 2.94. The third-order valence-corrected chi connectivity index (χ3v) is 5.43. The van der Waals surface area contributed by atoms with Crippen molar-refractivity contribution in [3.05, 3.63) is 71.5 Å². The van der Waals surface area contributed by atoms with Gasteiger partial charge in [0, 0.05) is 29.8 Å². The summed E-state index contributed by atoms with van der Waals surface area (Å²) in [4.78, 5) is 45.7. The van der Waals surface area contributed by atoms with Crippen LogP contribution in [0.1, 0.15) is 17.0 Å². The highest BCUT2D eigenvalue weighted by atomic mass is 16.3. The molecule has 2 amide bonds. The molecule has 0 unspecified atom stereocenters. The molecule has 4 aromatic rings. The second-order valence-electron chi connectivity index (χ2n) is 8.15. The van der Waals surface area contributed by atoms with Gasteiger partial charge in [-0.05, 0) is 48.0 Å². The van der Waals surface area contributed by atoms with Crippen molar-refractivity contribution in [2.75, 3.05) is 21.3 Å². The Kier molecular flexibility index (Phi) is 8.11. The number of carbonyl (C=O) groups excluding carboxylic acids is 3. The van der Waals surface area contributed by atoms with Crippen LogP contribution in [-0.4, -0.2) is 49.4 Å². The van der Waals surface area contributed by atoms with Gasteiger partial charge in [0.05, 0.1) is 11.4 Å². The zero-order chi connectivity index (χ0) is 27.8. The molecule has 39 heavy (non-hydrogen) atoms. The molecule has 0 aliphatic rings. The standard InChI is InChI=1S/C26H23N7O6/c34-8-7-15-1-4-21(37)16(9-15)10-24-31-25(29-19-11-17(27-13-35)2-5-22(19)38)33-26(32-24)30-20-12-18(28-14-36)3-6-23(20)39/h1-6,8-9,11-14,37-39H,7,10H2,(H,27,35)(H,28,36)(H2,29,30,31,32,33). The number of rotatable bonds is 12. The van der Waals surface area contributed by atoms with E-state index in [4.69, 9.17) is 0 Å². The Morgan fingerprint density at radius 1 is 0.667 bits per heavy atom. The van der Waals surface area contributed by atoms with Crippen molar-refractivity contribution in [1.29, 1.82) is 0 Å². The first-order valence-electron chi connectivity index (χ1n) is 11.5. The van der Waals surface area contributed by atoms with Crippen LogP contribution in [0.3, 0.4) is 0 Å². The smallest absolute Gasteiger partial charge is 0.232 e. The summed E-state index contributed by atoms with van der Waals surface area (Å²) >= 11 is 0. The van der Waals surface area contributed by atoms with E-state index in [0.29, 0.717) is 35.3 Å². The van der Waals surface area contributed by atoms with Crippen molar-refractivity contribution in [1.82, 2.24) is 15.0 Å². The maximum Gasteiger partial charge on any atom is 0.232 e. The van der Waals surface area contributed by atoms with Crippen molar-refractivity contribution < 1.29 is 29.7 Å². The zero-order valence-electron chi connectivity index (χ0n) is 20.3. The molecule has 0 spiro atoms. The Labute approximate surface area is 221 Å². The molecule has 13 nitrogen and oxygen atoms in total. The van der Waals surface area contributed by atoms with Gasteiger partial charge in [-0.3, -0.25) is 9.59 Å². The molecule has 0 aliphatic heterocycles. The second-order valence-corrected chi connectivity index (χ2v) is 8.15. The Hall–Kier alpha value is -5.72. The molecular weight excluding hydrogens is 506 g/mol. The maximum atomic E-state index is 10.9. The monoisotopic (exact) mass is 529 g/mol. The Bertz CT molecular complexity index is 1340. The van der Waals surface area contributed by atoms with Crippen molar-refractivity contribution >= 4 is 53.8 Å². The molecule has 1 heterocycles. The van der Waals surface area contributed by atoms with Gasteiger partial charge in [-0.2, -0.15) is 15.0 Å². The molecule has 0 radical (unpaired) electrons. The highest BCUT2D eigenvalue weighted by Gasteiger charge is 2.14. The van der Waals surface area contributed by atoms with Crippen molar-refractivity contribution in [3.8, 4) is 17.2 Å². The minimum Gasteiger partial charge on any atom is -0.508 e. The number of aromatic hydroxyl groups is 3. The molecule has 0 aliphatic carbocycles. The molecule has 0 saturated heterocycles. The van der Waals surface area contributed by atoms with Crippen LogP contribution in [0.5, 0.6) is 17.2 Å². The van der Waals surface area contributed by atoms with Gasteiger partial charge < -0.3 is 41.4 Å². The Morgan fingerprint density at radius 3 is 1.72 bits per heavy atom. The van der Waals surface area contributed by atoms with E-state index in [1.807, 2.05) is 0 Å². The molecule has 3 aromatic carbocycles. The van der Waals surface area contributed by atoms with E-state index >= 15 is 0 Å². The van der Waals surface area contributed by atoms with E-state index < -0.39 is 0 Å². The fourth-order valence-corrected chi connectivity index (χ4v) is 3.61. The fraction of sp³-hybridized carbons (Fsp3) is 0.0769. The summed E-state index contributed by atoms with van der Waals surface area (Å²) < 4.78 is 0. The Morgan fingerprint density at radius 2 is 1.21 bits per heavy atom. The quantitative estimate of drug-likeness (QED) is 0.0808. The van der Waals surface area contributed by atoms with Crippen LogP contribution in [0.15, 0.2) is 54.6 Å². The lowest BCUT2D eigenvalue weighted by Gasteiger charge is -2.14. The minimum absolute atomic E-state index is 0.00810. The van der Waals surface area contributed by atoms with Crippen LogP contribution in [0.2, 0.25) is 0 Å². The van der Waals surface area contributed by atoms with Crippen molar-refractivity contribution in [2.24, 2.45) is 0 Å². The fourth-order valence-electron chi connectivity index (χ4n) is 3.61. The summed E-state index contributed by atoms with van der Waals surface area (Å²) in [5.41, 5.74) is 2.31. The number of carbonyl (C=O) groups is 3. The first kappa shape index (κ1) is 26.3. The third-order valence-electron chi connectivity index (χ3n) is 5.43. The summed E-state index contributed by atoms with van der Waals surface area (Å²) in [5.74, 6) is -0.140. The molecule has 7 N–H and O–H groups in total. The van der Waals surface area contributed by atoms with Crippen LogP contribution < -0.4 is 21.3 Å². The van der Waals surface area contributed by atoms with Gasteiger partial charge in [0.2, 0.25) is 24.7 Å². The van der Waals surface area contributed by atoms with Gasteiger partial charge >= 0.3 is 0 Å². The van der Waals surface area contributed by atoms with Crippen molar-refractivity contribution in [3.63, 3.8) is 0 Å². The van der Waals surface area contributed by atoms with Gasteiger partial charge in [0.15, 0.2) is 0 Å². The number of aromatic nitrogens is 3. The predicted molar refractivity (Wildman–Crippen MR) is 143 cm³/mol. The average molecular weight is 530 g/mol. The average Bonchev–Trinajstić information content (AvgIpc) is 2.90. The van der Waals surface area contributed by atoms with Gasteiger partial charge in [-0.15, -0.1) is 0 Å². The molecular formula is C26H23N7O6. The molecule has 0 atom stereocenters. The maximum absolute atomic E-state index is 10.9. The number of nitrogens with one attached hydrogen (secondary N) is 4. The number of phenols is 3. The molecule has 13 heteroatoms. The molecule has 0 saturated carbocycles. The topological polar surface area (TPSA) is 199 Å². The molecule has 198 valence electrons. The number of nitrogens with zero attached hydrogens (tertiary/aromatic N) is 3. The van der Waals surface area contributed by atoms with Crippen LogP contribution in [0.25, 0.3) is 0 Å². The lowest BCUT2D eigenvalue weighted by Crippen LogP contribution is -2.09. The van der Waals surface area contributed by atoms with Crippen LogP contribution in [0, 0.1) is 0 Å². The summed E-state index contributed by atoms with van der Waals surface area (Å²) in [5, 5.41) is 41.7. The lowest BCUT2D eigenvalue weighted by atomic mass is 10.0. The number of benzene rings is 3. The number of amides is 2. The minimum atomic E-state index is -0.146. The highest BCUT2D eigenvalue weighted by Crippen LogP contribution is 2.31. The molecule has 0 fully saturated rings. The Balaban J connectivity index is 1.74. The van der Waals surface area contributed by atoms with Crippen LogP contribution >= 0.6 is 0 Å². The van der Waals surface area contributed by atoms with E-state index in [2.05, 4.69) is 36.2 Å². The van der Waals surface area contributed by atoms with E-state index in [0.717, 1.165) is 6.29 Å². The lowest BCUT2D eigenvalue weighted by molar-refractivity contribution is -0.107. The first-order valence-corrected chi connectivity index (χ1v) is 11.5. The third kappa shape index (κ3) is 6.74. The molecule has 4 rings (SSSR count). The summed E-state index contributed by atoms with van der Waals surface area (Å²) in [7, 11) is 0. The van der Waals surface area contributed by atoms with Crippen molar-refractivity contribution in [2.45, 2.75) is 12.8 Å². The number of aldehydes is 1. The number of phenolic OH excluding ortho intramolecular Hbond substituents is 3. The van der Waals surface area contributed by atoms with Gasteiger partial charge in [0.1, 0.15) is 29.4 Å². The largest absolute Gasteiger partial charge is 0.508 e. The van der Waals surface area contributed by atoms with E-state index in [-0.39, 0.29) is 59.2 Å².